The van der Waals surface area contributed by atoms with Crippen LogP contribution in [0.25, 0.3) is 0 Å². The third-order valence-electron chi connectivity index (χ3n) is 3.98. The van der Waals surface area contributed by atoms with Gasteiger partial charge < -0.3 is 20.1 Å². The molecule has 0 radical (unpaired) electrons. The highest BCUT2D eigenvalue weighted by Gasteiger charge is 2.12. The fourth-order valence-corrected chi connectivity index (χ4v) is 2.54. The molecule has 0 fully saturated rings. The van der Waals surface area contributed by atoms with Gasteiger partial charge in [0.2, 0.25) is 0 Å². The van der Waals surface area contributed by atoms with Crippen molar-refractivity contribution in [1.82, 2.24) is 10.6 Å². The van der Waals surface area contributed by atoms with Gasteiger partial charge in [-0.25, -0.2) is 4.39 Å². The summed E-state index contributed by atoms with van der Waals surface area (Å²) in [5.41, 5.74) is 1.91. The normalized spacial score (nSPS) is 12.3. The number of nitrogens with one attached hydrogen (secondary N) is 2. The molecule has 0 saturated heterocycles. The molecule has 0 aliphatic carbocycles. The second-order valence-electron chi connectivity index (χ2n) is 5.79. The van der Waals surface area contributed by atoms with Crippen molar-refractivity contribution < 1.29 is 13.9 Å². The van der Waals surface area contributed by atoms with E-state index in [1.807, 2.05) is 24.3 Å². The summed E-state index contributed by atoms with van der Waals surface area (Å²) in [7, 11) is 3.33. The van der Waals surface area contributed by atoms with Gasteiger partial charge in [0.15, 0.2) is 5.96 Å². The van der Waals surface area contributed by atoms with E-state index < -0.39 is 0 Å². The summed E-state index contributed by atoms with van der Waals surface area (Å²) in [5, 5.41) is 6.49. The Morgan fingerprint density at radius 2 is 1.93 bits per heavy atom. The Morgan fingerprint density at radius 3 is 2.59 bits per heavy atom. The van der Waals surface area contributed by atoms with Crippen LogP contribution in [0.4, 0.5) is 4.39 Å². The minimum absolute atomic E-state index is 0.215. The molecule has 2 aromatic carbocycles. The van der Waals surface area contributed by atoms with Crippen LogP contribution in [0, 0.1) is 5.82 Å². The molecule has 6 heteroatoms. The highest BCUT2D eigenvalue weighted by Crippen LogP contribution is 2.18. The Bertz CT molecular complexity index is 747. The Morgan fingerprint density at radius 1 is 1.19 bits per heavy atom. The van der Waals surface area contributed by atoms with Gasteiger partial charge in [-0.3, -0.25) is 4.99 Å². The fourth-order valence-electron chi connectivity index (χ4n) is 2.54. The molecule has 0 aliphatic rings. The average molecular weight is 371 g/mol. The lowest BCUT2D eigenvalue weighted by Gasteiger charge is -2.19. The second kappa shape index (κ2) is 11.0. The maximum absolute atomic E-state index is 13.1. The molecule has 0 bridgehead atoms. The van der Waals surface area contributed by atoms with Gasteiger partial charge in [-0.05, 0) is 23.8 Å². The first kappa shape index (κ1) is 20.5. The summed E-state index contributed by atoms with van der Waals surface area (Å²) in [6.07, 6.45) is 1.50. The fraction of sp³-hybridized carbons (Fsp3) is 0.286. The van der Waals surface area contributed by atoms with E-state index in [1.54, 1.807) is 32.4 Å². The number of hydrogen-bond donors (Lipinski definition) is 2. The molecule has 144 valence electrons. The molecule has 27 heavy (non-hydrogen) atoms. The van der Waals surface area contributed by atoms with Crippen LogP contribution >= 0.6 is 0 Å². The van der Waals surface area contributed by atoms with Crippen LogP contribution in [0.5, 0.6) is 5.75 Å². The van der Waals surface area contributed by atoms with E-state index in [2.05, 4.69) is 22.2 Å². The van der Waals surface area contributed by atoms with Crippen molar-refractivity contribution in [3.8, 4) is 5.75 Å². The summed E-state index contributed by atoms with van der Waals surface area (Å²) in [4.78, 5) is 4.23. The predicted octanol–water partition coefficient (Wildman–Crippen LogP) is 3.44. The molecule has 1 atom stereocenters. The van der Waals surface area contributed by atoms with Gasteiger partial charge in [0.25, 0.3) is 0 Å². The lowest BCUT2D eigenvalue weighted by atomic mass is 10.1. The zero-order valence-corrected chi connectivity index (χ0v) is 15.7. The van der Waals surface area contributed by atoms with Crippen molar-refractivity contribution in [3.63, 3.8) is 0 Å². The number of ether oxygens (including phenoxy) is 2. The number of benzene rings is 2. The third-order valence-corrected chi connectivity index (χ3v) is 3.98. The van der Waals surface area contributed by atoms with E-state index in [9.17, 15) is 4.39 Å². The Labute approximate surface area is 159 Å². The topological polar surface area (TPSA) is 54.9 Å². The molecule has 0 saturated carbocycles. The highest BCUT2D eigenvalue weighted by atomic mass is 19.1. The van der Waals surface area contributed by atoms with E-state index in [1.165, 1.54) is 12.1 Å². The molecule has 5 nitrogen and oxygen atoms in total. The molecule has 0 heterocycles. The van der Waals surface area contributed by atoms with Crippen LogP contribution in [-0.2, 0) is 11.3 Å². The van der Waals surface area contributed by atoms with Crippen molar-refractivity contribution in [3.05, 3.63) is 78.1 Å². The van der Waals surface area contributed by atoms with Crippen molar-refractivity contribution in [2.24, 2.45) is 4.99 Å². The van der Waals surface area contributed by atoms with Gasteiger partial charge in [0.05, 0.1) is 6.10 Å². The summed E-state index contributed by atoms with van der Waals surface area (Å²) in [6.45, 7) is 5.18. The number of nitrogens with zero attached hydrogens (tertiary/aromatic N) is 1. The van der Waals surface area contributed by atoms with Crippen LogP contribution in [-0.4, -0.2) is 33.3 Å². The van der Waals surface area contributed by atoms with E-state index in [4.69, 9.17) is 9.47 Å². The Balaban J connectivity index is 1.92. The van der Waals surface area contributed by atoms with Crippen molar-refractivity contribution in [1.29, 1.82) is 0 Å². The SMILES string of the molecule is C=CCOc1ccccc1CNC(=NC)NCC(OC)c1ccc(F)cc1. The number of guanidine groups is 1. The molecule has 1 unspecified atom stereocenters. The van der Waals surface area contributed by atoms with Crippen LogP contribution < -0.4 is 15.4 Å². The van der Waals surface area contributed by atoms with Crippen molar-refractivity contribution in [2.75, 3.05) is 27.3 Å². The average Bonchev–Trinajstić information content (AvgIpc) is 2.70. The summed E-state index contributed by atoms with van der Waals surface area (Å²) in [5.74, 6) is 1.18. The predicted molar refractivity (Wildman–Crippen MR) is 106 cm³/mol. The Hall–Kier alpha value is -2.86. The minimum Gasteiger partial charge on any atom is -0.489 e. The first-order valence-electron chi connectivity index (χ1n) is 8.72. The largest absolute Gasteiger partial charge is 0.489 e. The summed E-state index contributed by atoms with van der Waals surface area (Å²) in [6, 6.07) is 14.1. The second-order valence-corrected chi connectivity index (χ2v) is 5.79. The molecular weight excluding hydrogens is 345 g/mol. The van der Waals surface area contributed by atoms with E-state index >= 15 is 0 Å². The molecule has 2 aromatic rings. The lowest BCUT2D eigenvalue weighted by molar-refractivity contribution is 0.106. The van der Waals surface area contributed by atoms with Crippen LogP contribution in [0.15, 0.2) is 66.2 Å². The van der Waals surface area contributed by atoms with E-state index in [-0.39, 0.29) is 11.9 Å². The van der Waals surface area contributed by atoms with Crippen LogP contribution in [0.1, 0.15) is 17.2 Å². The summed E-state index contributed by atoms with van der Waals surface area (Å²) >= 11 is 0. The van der Waals surface area contributed by atoms with Gasteiger partial charge in [-0.1, -0.05) is 43.0 Å². The number of aliphatic imine (C=N–C) groups is 1. The molecule has 0 amide bonds. The van der Waals surface area contributed by atoms with Crippen LogP contribution in [0.2, 0.25) is 0 Å². The molecule has 0 spiro atoms. The third kappa shape index (κ3) is 6.42. The van der Waals surface area contributed by atoms with Gasteiger partial charge in [-0.15, -0.1) is 0 Å². The molecule has 0 aromatic heterocycles. The monoisotopic (exact) mass is 371 g/mol. The molecular formula is C21H26FN3O2. The van der Waals surface area contributed by atoms with Crippen molar-refractivity contribution in [2.45, 2.75) is 12.6 Å². The number of rotatable bonds is 9. The first-order valence-corrected chi connectivity index (χ1v) is 8.72. The molecule has 0 aliphatic heterocycles. The zero-order chi connectivity index (χ0) is 19.5. The number of hydrogen-bond acceptors (Lipinski definition) is 3. The maximum Gasteiger partial charge on any atom is 0.191 e. The molecule has 2 rings (SSSR count). The highest BCUT2D eigenvalue weighted by molar-refractivity contribution is 5.79. The maximum atomic E-state index is 13.1. The van der Waals surface area contributed by atoms with Crippen LogP contribution in [0.3, 0.4) is 0 Å². The number of para-hydroxylation sites is 1. The van der Waals surface area contributed by atoms with Crippen molar-refractivity contribution >= 4 is 5.96 Å². The first-order chi connectivity index (χ1) is 13.2. The minimum atomic E-state index is -0.267. The summed E-state index contributed by atoms with van der Waals surface area (Å²) < 4.78 is 24.3. The molecule has 2 N–H and O–H groups in total. The van der Waals surface area contributed by atoms with Gasteiger partial charge in [-0.2, -0.15) is 0 Å². The van der Waals surface area contributed by atoms with Gasteiger partial charge in [0, 0.05) is 32.8 Å². The van der Waals surface area contributed by atoms with Gasteiger partial charge >= 0.3 is 0 Å². The van der Waals surface area contributed by atoms with Gasteiger partial charge in [0.1, 0.15) is 18.2 Å². The zero-order valence-electron chi connectivity index (χ0n) is 15.7. The lowest BCUT2D eigenvalue weighted by Crippen LogP contribution is -2.39. The quantitative estimate of drug-likeness (QED) is 0.403. The van der Waals surface area contributed by atoms with E-state index in [0.717, 1.165) is 16.9 Å². The standard InChI is InChI=1S/C21H26FN3O2/c1-4-13-27-19-8-6-5-7-17(19)14-24-21(23-2)25-15-20(26-3)16-9-11-18(22)12-10-16/h4-12,20H,1,13-15H2,2-3H3,(H2,23,24,25). The smallest absolute Gasteiger partial charge is 0.191 e. The number of methoxy groups -OCH3 is 1. The number of halogens is 1. The Kier molecular flexibility index (Phi) is 8.32. The van der Waals surface area contributed by atoms with E-state index in [0.29, 0.717) is 25.7 Å².